The van der Waals surface area contributed by atoms with Crippen LogP contribution in [-0.4, -0.2) is 133 Å². The zero-order chi connectivity index (χ0) is 53.7. The number of nitrogens with two attached hydrogens (primary N) is 1. The summed E-state index contributed by atoms with van der Waals surface area (Å²) in [5.74, 6) is -4.33. The van der Waals surface area contributed by atoms with Gasteiger partial charge in [-0.25, -0.2) is 0 Å². The van der Waals surface area contributed by atoms with Crippen LogP contribution in [0.2, 0.25) is 0 Å². The van der Waals surface area contributed by atoms with E-state index < -0.39 is 95.9 Å². The minimum atomic E-state index is -1.00. The maximum atomic E-state index is 14.5. The molecule has 73 heavy (non-hydrogen) atoms. The van der Waals surface area contributed by atoms with Crippen molar-refractivity contribution in [2.75, 3.05) is 32.9 Å². The van der Waals surface area contributed by atoms with Gasteiger partial charge in [-0.15, -0.1) is 0 Å². The maximum absolute atomic E-state index is 14.5. The van der Waals surface area contributed by atoms with Gasteiger partial charge in [0.1, 0.15) is 24.2 Å². The SMILES string of the molecule is CC[C@H](C)C(NC(=O)[C@H](C)NC)C(=O)N1C[C@@H](NC(=O)c2cc(N)cc(C(=O)N[C@H]3C[C@@H](C(=O)NC(C)c4ccccc4)N(C(=O)[C@@H](NC(=O)[C@H](C)NC)[C@@H](C)CC)C3)c2)C[C@H]1C(=O)N[C@H](C)c1ccccc1. The third-order valence-corrected chi connectivity index (χ3v) is 14.4. The number of amides is 8. The number of benzene rings is 3. The van der Waals surface area contributed by atoms with E-state index in [4.69, 9.17) is 5.73 Å². The number of hydrogen-bond donors (Lipinski definition) is 9. The van der Waals surface area contributed by atoms with Crippen LogP contribution < -0.4 is 48.3 Å². The van der Waals surface area contributed by atoms with Crippen LogP contribution in [0.5, 0.6) is 0 Å². The first-order valence-electron chi connectivity index (χ1n) is 25.5. The molecule has 0 bridgehead atoms. The summed E-state index contributed by atoms with van der Waals surface area (Å²) >= 11 is 0. The average Bonchev–Trinajstić information content (AvgIpc) is 4.03. The Morgan fingerprint density at radius 1 is 0.548 bits per heavy atom. The van der Waals surface area contributed by atoms with Crippen LogP contribution in [0.15, 0.2) is 78.9 Å². The second-order valence-corrected chi connectivity index (χ2v) is 19.7. The Balaban J connectivity index is 1.37. The van der Waals surface area contributed by atoms with Crippen LogP contribution in [0.25, 0.3) is 0 Å². The second-order valence-electron chi connectivity index (χ2n) is 19.7. The van der Waals surface area contributed by atoms with E-state index in [9.17, 15) is 38.4 Å². The van der Waals surface area contributed by atoms with E-state index in [2.05, 4.69) is 42.5 Å². The lowest BCUT2D eigenvalue weighted by molar-refractivity contribution is -0.143. The molecule has 0 spiro atoms. The van der Waals surface area contributed by atoms with Gasteiger partial charge < -0.3 is 58.1 Å². The standard InChI is InChI=1S/C54H77N11O8/c1-11-30(3)45(62-47(66)34(7)56-9)53(72)64-28-41(26-43(64)51(70)58-32(5)36-19-15-13-16-20-36)60-49(68)38-23-39(25-40(55)24-38)50(69)61-42-27-44(52(71)59-33(6)37-21-17-14-18-22-37)65(29-42)54(73)46(31(4)12-2)63-48(67)35(8)57-10/h13-25,30-35,41-46,56-57H,11-12,26-29,55H2,1-10H3,(H,58,70)(H,59,71)(H,60,68)(H,61,69)(H,62,66)(H,63,67)/t30-,31-,32+,33?,34-,35-,41-,42-,43-,44-,45?,46-/m0/s1. The number of hydrogen-bond acceptors (Lipinski definition) is 11. The Hall–Kier alpha value is -6.86. The van der Waals surface area contributed by atoms with Gasteiger partial charge in [-0.1, -0.05) is 101 Å². The molecule has 19 heteroatoms. The average molecular weight is 1010 g/mol. The fraction of sp³-hybridized carbons (Fsp3) is 0.519. The van der Waals surface area contributed by atoms with Crippen LogP contribution in [0, 0.1) is 11.8 Å². The smallest absolute Gasteiger partial charge is 0.251 e. The number of anilines is 1. The number of rotatable bonds is 22. The van der Waals surface area contributed by atoms with E-state index in [0.29, 0.717) is 12.8 Å². The topological polar surface area (TPSA) is 265 Å². The highest BCUT2D eigenvalue weighted by atomic mass is 16.2. The van der Waals surface area contributed by atoms with E-state index >= 15 is 0 Å². The Morgan fingerprint density at radius 2 is 0.904 bits per heavy atom. The molecule has 0 saturated carbocycles. The third-order valence-electron chi connectivity index (χ3n) is 14.4. The number of carbonyl (C=O) groups excluding carboxylic acids is 8. The molecule has 2 aliphatic heterocycles. The lowest BCUT2D eigenvalue weighted by atomic mass is 9.97. The molecule has 12 atom stereocenters. The van der Waals surface area contributed by atoms with E-state index in [1.54, 1.807) is 27.9 Å². The molecular formula is C54H77N11O8. The predicted octanol–water partition coefficient (Wildman–Crippen LogP) is 2.70. The molecule has 396 valence electrons. The molecule has 8 amide bonds. The highest BCUT2D eigenvalue weighted by Crippen LogP contribution is 2.27. The Kier molecular flexibility index (Phi) is 20.5. The number of carbonyl (C=O) groups is 8. The Bertz CT molecular complexity index is 2260. The molecule has 3 aromatic carbocycles. The number of nitrogens with one attached hydrogen (secondary N) is 8. The summed E-state index contributed by atoms with van der Waals surface area (Å²) in [5, 5.41) is 23.5. The van der Waals surface area contributed by atoms with Gasteiger partial charge >= 0.3 is 0 Å². The fourth-order valence-corrected chi connectivity index (χ4v) is 9.13. The number of likely N-dealkylation sites (tertiary alicyclic amines) is 2. The molecule has 5 rings (SSSR count). The summed E-state index contributed by atoms with van der Waals surface area (Å²) in [5.41, 5.74) is 8.23. The van der Waals surface area contributed by atoms with Crippen LogP contribution >= 0.6 is 0 Å². The van der Waals surface area contributed by atoms with Crippen LogP contribution in [0.4, 0.5) is 5.69 Å². The van der Waals surface area contributed by atoms with Crippen molar-refractivity contribution < 1.29 is 38.4 Å². The van der Waals surface area contributed by atoms with Crippen molar-refractivity contribution in [1.82, 2.24) is 52.3 Å². The molecule has 2 unspecified atom stereocenters. The van der Waals surface area contributed by atoms with Crippen molar-refractivity contribution in [3.8, 4) is 0 Å². The van der Waals surface area contributed by atoms with E-state index in [0.717, 1.165) is 11.1 Å². The lowest BCUT2D eigenvalue weighted by Gasteiger charge is -2.32. The molecule has 19 nitrogen and oxygen atoms in total. The number of nitrogen functional groups attached to an aromatic ring is 1. The molecule has 10 N–H and O–H groups in total. The highest BCUT2D eigenvalue weighted by Gasteiger charge is 2.46. The molecule has 0 aliphatic carbocycles. The second kappa shape index (κ2) is 26.2. The molecule has 0 radical (unpaired) electrons. The van der Waals surface area contributed by atoms with Crippen LogP contribution in [-0.2, 0) is 28.8 Å². The molecule has 2 heterocycles. The van der Waals surface area contributed by atoms with Gasteiger partial charge in [0, 0.05) is 42.0 Å². The van der Waals surface area contributed by atoms with Crippen LogP contribution in [0.3, 0.4) is 0 Å². The summed E-state index contributed by atoms with van der Waals surface area (Å²) < 4.78 is 0. The first-order valence-corrected chi connectivity index (χ1v) is 25.5. The lowest BCUT2D eigenvalue weighted by Crippen LogP contribution is -2.57. The van der Waals surface area contributed by atoms with Crippen molar-refractivity contribution in [1.29, 1.82) is 0 Å². The van der Waals surface area contributed by atoms with Gasteiger partial charge in [-0.3, -0.25) is 38.4 Å². The number of likely N-dealkylation sites (N-methyl/N-ethyl adjacent to an activating group) is 2. The quantitative estimate of drug-likeness (QED) is 0.0661. The van der Waals surface area contributed by atoms with Crippen molar-refractivity contribution in [3.05, 3.63) is 101 Å². The first-order chi connectivity index (χ1) is 34.7. The molecular weight excluding hydrogens is 931 g/mol. The van der Waals surface area contributed by atoms with E-state index in [1.807, 2.05) is 102 Å². The van der Waals surface area contributed by atoms with Crippen molar-refractivity contribution in [3.63, 3.8) is 0 Å². The largest absolute Gasteiger partial charge is 0.399 e. The Labute approximate surface area is 429 Å². The minimum absolute atomic E-state index is 0.0396. The summed E-state index contributed by atoms with van der Waals surface area (Å²) in [6, 6.07) is 15.6. The molecule has 2 fully saturated rings. The molecule has 0 aromatic heterocycles. The molecule has 3 aromatic rings. The monoisotopic (exact) mass is 1010 g/mol. The van der Waals surface area contributed by atoms with Crippen molar-refractivity contribution in [2.45, 2.75) is 141 Å². The van der Waals surface area contributed by atoms with Crippen molar-refractivity contribution >= 4 is 52.9 Å². The molecule has 2 aliphatic rings. The maximum Gasteiger partial charge on any atom is 0.251 e. The van der Waals surface area contributed by atoms with Crippen molar-refractivity contribution in [2.24, 2.45) is 11.8 Å². The fourth-order valence-electron chi connectivity index (χ4n) is 9.13. The summed E-state index contributed by atoms with van der Waals surface area (Å²) in [6.07, 6.45) is 1.23. The van der Waals surface area contributed by atoms with Crippen LogP contribution in [0.1, 0.15) is 125 Å². The van der Waals surface area contributed by atoms with Gasteiger partial charge in [0.2, 0.25) is 35.4 Å². The van der Waals surface area contributed by atoms with Gasteiger partial charge in [-0.05, 0) is 95.8 Å². The minimum Gasteiger partial charge on any atom is -0.399 e. The predicted molar refractivity (Wildman–Crippen MR) is 279 cm³/mol. The summed E-state index contributed by atoms with van der Waals surface area (Å²) in [6.45, 7) is 14.5. The van der Waals surface area contributed by atoms with Gasteiger partial charge in [0.15, 0.2) is 0 Å². The van der Waals surface area contributed by atoms with Gasteiger partial charge in [0.25, 0.3) is 11.8 Å². The normalized spacial score (nSPS) is 20.7. The van der Waals surface area contributed by atoms with Gasteiger partial charge in [-0.2, -0.15) is 0 Å². The van der Waals surface area contributed by atoms with E-state index in [1.165, 1.54) is 28.0 Å². The first kappa shape index (κ1) is 57.0. The molecule has 2 saturated heterocycles. The Morgan fingerprint density at radius 3 is 1.23 bits per heavy atom. The zero-order valence-electron chi connectivity index (χ0n) is 43.9. The third kappa shape index (κ3) is 14.7. The highest BCUT2D eigenvalue weighted by molar-refractivity contribution is 6.02. The zero-order valence-corrected chi connectivity index (χ0v) is 43.9. The van der Waals surface area contributed by atoms with E-state index in [-0.39, 0.29) is 66.4 Å². The summed E-state index contributed by atoms with van der Waals surface area (Å²) in [7, 11) is 3.28. The van der Waals surface area contributed by atoms with Gasteiger partial charge in [0.05, 0.1) is 24.2 Å². The number of nitrogens with zero attached hydrogens (tertiary/aromatic N) is 2. The summed E-state index contributed by atoms with van der Waals surface area (Å²) in [4.78, 5) is 115.